The third kappa shape index (κ3) is 4.11. The molecule has 0 atom stereocenters. The summed E-state index contributed by atoms with van der Waals surface area (Å²) in [6.07, 6.45) is 9.19. The summed E-state index contributed by atoms with van der Waals surface area (Å²) in [5.41, 5.74) is 3.11. The number of aromatic nitrogens is 3. The van der Waals surface area contributed by atoms with Crippen LogP contribution in [-0.4, -0.2) is 54.2 Å². The van der Waals surface area contributed by atoms with Gasteiger partial charge in [-0.3, -0.25) is 4.90 Å². The summed E-state index contributed by atoms with van der Waals surface area (Å²) >= 11 is 0. The van der Waals surface area contributed by atoms with Crippen molar-refractivity contribution in [3.05, 3.63) is 41.3 Å². The van der Waals surface area contributed by atoms with Crippen LogP contribution in [0.4, 0.5) is 5.82 Å². The molecule has 0 amide bonds. The van der Waals surface area contributed by atoms with Crippen molar-refractivity contribution in [2.45, 2.75) is 43.9 Å². The van der Waals surface area contributed by atoms with Crippen molar-refractivity contribution in [2.24, 2.45) is 0 Å². The predicted molar refractivity (Wildman–Crippen MR) is 103 cm³/mol. The molecule has 2 aliphatic rings. The van der Waals surface area contributed by atoms with Crippen molar-refractivity contribution in [3.8, 4) is 0 Å². The van der Waals surface area contributed by atoms with Crippen LogP contribution in [0.5, 0.6) is 0 Å². The van der Waals surface area contributed by atoms with E-state index in [2.05, 4.69) is 30.8 Å². The van der Waals surface area contributed by atoms with Crippen LogP contribution in [0.15, 0.2) is 29.7 Å². The lowest BCUT2D eigenvalue weighted by molar-refractivity contribution is 0.242. The number of sulfone groups is 1. The summed E-state index contributed by atoms with van der Waals surface area (Å²) in [6.45, 7) is 4.56. The SMILES string of the molecule is CS(=O)(=O)c1ncc2c(n1)CCN(Cc1cccnc1N1CCCCC1)C2. The Morgan fingerprint density at radius 3 is 2.70 bits per heavy atom. The molecule has 2 aromatic rings. The largest absolute Gasteiger partial charge is 0.356 e. The zero-order valence-electron chi connectivity index (χ0n) is 15.6. The molecule has 0 aliphatic carbocycles. The zero-order valence-corrected chi connectivity index (χ0v) is 16.5. The first-order chi connectivity index (χ1) is 13.0. The van der Waals surface area contributed by atoms with Crippen LogP contribution in [0.3, 0.4) is 0 Å². The predicted octanol–water partition coefficient (Wildman–Crippen LogP) is 1.82. The molecule has 0 radical (unpaired) electrons. The van der Waals surface area contributed by atoms with Crippen molar-refractivity contribution < 1.29 is 8.42 Å². The Hall–Kier alpha value is -2.06. The van der Waals surface area contributed by atoms with Gasteiger partial charge in [0.15, 0.2) is 0 Å². The van der Waals surface area contributed by atoms with E-state index in [9.17, 15) is 8.42 Å². The number of rotatable bonds is 4. The molecule has 1 fully saturated rings. The fourth-order valence-electron chi connectivity index (χ4n) is 3.85. The van der Waals surface area contributed by atoms with Crippen molar-refractivity contribution in [3.63, 3.8) is 0 Å². The van der Waals surface area contributed by atoms with Gasteiger partial charge in [0.05, 0.1) is 5.69 Å². The van der Waals surface area contributed by atoms with E-state index in [4.69, 9.17) is 0 Å². The van der Waals surface area contributed by atoms with Crippen molar-refractivity contribution >= 4 is 15.7 Å². The van der Waals surface area contributed by atoms with Crippen LogP contribution in [0.25, 0.3) is 0 Å². The van der Waals surface area contributed by atoms with Gasteiger partial charge in [-0.15, -0.1) is 0 Å². The molecule has 8 heteroatoms. The summed E-state index contributed by atoms with van der Waals surface area (Å²) in [5.74, 6) is 1.10. The van der Waals surface area contributed by atoms with Crippen LogP contribution in [0, 0.1) is 0 Å². The molecule has 27 heavy (non-hydrogen) atoms. The number of pyridine rings is 1. The van der Waals surface area contributed by atoms with Gasteiger partial charge in [0, 0.05) is 68.9 Å². The number of hydrogen-bond donors (Lipinski definition) is 0. The molecule has 0 aromatic carbocycles. The Balaban J connectivity index is 1.51. The van der Waals surface area contributed by atoms with E-state index < -0.39 is 9.84 Å². The van der Waals surface area contributed by atoms with Crippen LogP contribution >= 0.6 is 0 Å². The molecule has 144 valence electrons. The standard InChI is InChI=1S/C19H25N5O2S/c1-27(25,26)19-21-12-16-14-23(11-7-17(16)22-19)13-15-6-5-8-20-18(15)24-9-3-2-4-10-24/h5-6,8,12H,2-4,7,9-11,13-14H2,1H3. The van der Waals surface area contributed by atoms with Gasteiger partial charge in [-0.1, -0.05) is 6.07 Å². The highest BCUT2D eigenvalue weighted by Gasteiger charge is 2.23. The molecule has 2 aliphatic heterocycles. The van der Waals surface area contributed by atoms with E-state index in [1.807, 2.05) is 12.3 Å². The minimum Gasteiger partial charge on any atom is -0.356 e. The first kappa shape index (κ1) is 18.3. The third-order valence-corrected chi connectivity index (χ3v) is 6.10. The highest BCUT2D eigenvalue weighted by Crippen LogP contribution is 2.25. The first-order valence-corrected chi connectivity index (χ1v) is 11.4. The molecule has 0 N–H and O–H groups in total. The Morgan fingerprint density at radius 1 is 1.11 bits per heavy atom. The quantitative estimate of drug-likeness (QED) is 0.741. The molecule has 1 saturated heterocycles. The molecule has 0 unspecified atom stereocenters. The lowest BCUT2D eigenvalue weighted by atomic mass is 10.1. The molecule has 2 aromatic heterocycles. The number of nitrogens with zero attached hydrogens (tertiary/aromatic N) is 5. The van der Waals surface area contributed by atoms with E-state index in [1.165, 1.54) is 24.8 Å². The number of fused-ring (bicyclic) bond motifs is 1. The van der Waals surface area contributed by atoms with Gasteiger partial charge < -0.3 is 4.90 Å². The van der Waals surface area contributed by atoms with Crippen LogP contribution in [0.1, 0.15) is 36.1 Å². The average molecular weight is 388 g/mol. The Kier molecular flexibility index (Phi) is 5.10. The van der Waals surface area contributed by atoms with Crippen LogP contribution in [-0.2, 0) is 29.3 Å². The van der Waals surface area contributed by atoms with E-state index in [0.717, 1.165) is 62.5 Å². The molecule has 0 saturated carbocycles. The molecular weight excluding hydrogens is 362 g/mol. The number of piperidine rings is 1. The van der Waals surface area contributed by atoms with Gasteiger partial charge >= 0.3 is 0 Å². The van der Waals surface area contributed by atoms with E-state index in [1.54, 1.807) is 6.20 Å². The minimum atomic E-state index is -3.37. The second-order valence-corrected chi connectivity index (χ2v) is 9.30. The second kappa shape index (κ2) is 7.52. The fraction of sp³-hybridized carbons (Fsp3) is 0.526. The molecule has 4 rings (SSSR count). The van der Waals surface area contributed by atoms with Gasteiger partial charge in [-0.25, -0.2) is 23.4 Å². The van der Waals surface area contributed by atoms with Crippen molar-refractivity contribution in [1.29, 1.82) is 0 Å². The maximum atomic E-state index is 11.7. The summed E-state index contributed by atoms with van der Waals surface area (Å²) in [7, 11) is -3.37. The van der Waals surface area contributed by atoms with Gasteiger partial charge in [-0.2, -0.15) is 0 Å². The molecule has 7 nitrogen and oxygen atoms in total. The monoisotopic (exact) mass is 387 g/mol. The smallest absolute Gasteiger partial charge is 0.246 e. The highest BCUT2D eigenvalue weighted by atomic mass is 32.2. The van der Waals surface area contributed by atoms with Crippen molar-refractivity contribution in [1.82, 2.24) is 19.9 Å². The summed E-state index contributed by atoms with van der Waals surface area (Å²) in [6, 6.07) is 4.16. The van der Waals surface area contributed by atoms with Gasteiger partial charge in [0.2, 0.25) is 15.0 Å². The van der Waals surface area contributed by atoms with Crippen LogP contribution in [0.2, 0.25) is 0 Å². The average Bonchev–Trinajstić information content (AvgIpc) is 2.68. The summed E-state index contributed by atoms with van der Waals surface area (Å²) in [5, 5.41) is -0.0747. The van der Waals surface area contributed by atoms with Gasteiger partial charge in [0.1, 0.15) is 5.82 Å². The topological polar surface area (TPSA) is 79.3 Å². The van der Waals surface area contributed by atoms with E-state index in [0.29, 0.717) is 0 Å². The molecule has 4 heterocycles. The summed E-state index contributed by atoms with van der Waals surface area (Å²) in [4.78, 5) is 17.7. The van der Waals surface area contributed by atoms with Crippen molar-refractivity contribution in [2.75, 3.05) is 30.8 Å². The molecule has 0 bridgehead atoms. The third-order valence-electron chi connectivity index (χ3n) is 5.24. The lowest BCUT2D eigenvalue weighted by Crippen LogP contribution is -2.34. The number of hydrogen-bond acceptors (Lipinski definition) is 7. The molecular formula is C19H25N5O2S. The second-order valence-electron chi connectivity index (χ2n) is 7.39. The molecule has 0 spiro atoms. The number of anilines is 1. The zero-order chi connectivity index (χ0) is 18.9. The Morgan fingerprint density at radius 2 is 1.93 bits per heavy atom. The maximum Gasteiger partial charge on any atom is 0.246 e. The fourth-order valence-corrected chi connectivity index (χ4v) is 4.38. The highest BCUT2D eigenvalue weighted by molar-refractivity contribution is 7.90. The van der Waals surface area contributed by atoms with Gasteiger partial charge in [-0.05, 0) is 25.3 Å². The lowest BCUT2D eigenvalue weighted by Gasteiger charge is -2.32. The maximum absolute atomic E-state index is 11.7. The Labute approximate surface area is 160 Å². The normalized spacial score (nSPS) is 18.3. The minimum absolute atomic E-state index is 0.0747. The van der Waals surface area contributed by atoms with E-state index in [-0.39, 0.29) is 5.16 Å². The van der Waals surface area contributed by atoms with E-state index >= 15 is 0 Å². The van der Waals surface area contributed by atoms with Gasteiger partial charge in [0.25, 0.3) is 0 Å². The van der Waals surface area contributed by atoms with Crippen LogP contribution < -0.4 is 4.90 Å². The first-order valence-electron chi connectivity index (χ1n) is 9.47. The summed E-state index contributed by atoms with van der Waals surface area (Å²) < 4.78 is 23.3. The Bertz CT molecular complexity index is 925.